The van der Waals surface area contributed by atoms with Crippen molar-refractivity contribution in [3.63, 3.8) is 0 Å². The fourth-order valence-corrected chi connectivity index (χ4v) is 0.907. The molecule has 2 heteroatoms. The lowest BCUT2D eigenvalue weighted by atomic mass is 10.2. The molecule has 1 N–H and O–H groups in total. The van der Waals surface area contributed by atoms with E-state index >= 15 is 0 Å². The summed E-state index contributed by atoms with van der Waals surface area (Å²) < 4.78 is 0. The Kier molecular flexibility index (Phi) is 8.86. The van der Waals surface area contributed by atoms with Gasteiger partial charge in [-0.25, -0.2) is 0 Å². The maximum Gasteiger partial charge on any atom is 0.303 e. The van der Waals surface area contributed by atoms with Crippen molar-refractivity contribution in [3.8, 4) is 0 Å². The zero-order valence-electron chi connectivity index (χ0n) is 8.65. The van der Waals surface area contributed by atoms with E-state index in [0.29, 0.717) is 6.42 Å². The third kappa shape index (κ3) is 10.7. The maximum absolute atomic E-state index is 10.2. The van der Waals surface area contributed by atoms with Gasteiger partial charge < -0.3 is 5.11 Å². The quantitative estimate of drug-likeness (QED) is 0.631. The van der Waals surface area contributed by atoms with E-state index in [1.807, 2.05) is 25.2 Å². The molecule has 0 unspecified atom stereocenters. The summed E-state index contributed by atoms with van der Waals surface area (Å²) in [5, 5.41) is 8.36. The summed E-state index contributed by atoms with van der Waals surface area (Å²) in [5.74, 6) is -0.738. The Hall–Kier alpha value is -1.31. The highest BCUT2D eigenvalue weighted by Crippen LogP contribution is 1.94. The van der Waals surface area contributed by atoms with Crippen LogP contribution in [-0.2, 0) is 4.79 Å². The average molecular weight is 194 g/mol. The topological polar surface area (TPSA) is 37.3 Å². The molecule has 0 atom stereocenters. The number of aliphatic carboxylic acids is 1. The van der Waals surface area contributed by atoms with Gasteiger partial charge in [0.2, 0.25) is 0 Å². The van der Waals surface area contributed by atoms with Crippen LogP contribution < -0.4 is 0 Å². The van der Waals surface area contributed by atoms with Gasteiger partial charge in [0.15, 0.2) is 0 Å². The van der Waals surface area contributed by atoms with Crippen molar-refractivity contribution in [1.82, 2.24) is 0 Å². The highest BCUT2D eigenvalue weighted by atomic mass is 16.4. The minimum atomic E-state index is -0.738. The summed E-state index contributed by atoms with van der Waals surface area (Å²) in [6.45, 7) is 2.00. The largest absolute Gasteiger partial charge is 0.481 e. The molecule has 0 rings (SSSR count). The van der Waals surface area contributed by atoms with Crippen LogP contribution in [0.1, 0.15) is 32.6 Å². The lowest BCUT2D eigenvalue weighted by Crippen LogP contribution is -1.91. The zero-order chi connectivity index (χ0) is 10.6. The van der Waals surface area contributed by atoms with Crippen LogP contribution in [0.3, 0.4) is 0 Å². The molecule has 14 heavy (non-hydrogen) atoms. The van der Waals surface area contributed by atoms with Crippen molar-refractivity contribution < 1.29 is 9.90 Å². The molecule has 0 aliphatic heterocycles. The van der Waals surface area contributed by atoms with E-state index in [0.717, 1.165) is 12.8 Å². The Morgan fingerprint density at radius 3 is 2.21 bits per heavy atom. The predicted molar refractivity (Wildman–Crippen MR) is 59.2 cm³/mol. The van der Waals surface area contributed by atoms with Crippen molar-refractivity contribution >= 4 is 5.97 Å². The summed E-state index contributed by atoms with van der Waals surface area (Å²) in [4.78, 5) is 10.2. The molecular weight excluding hydrogens is 176 g/mol. The van der Waals surface area contributed by atoms with Gasteiger partial charge >= 0.3 is 5.97 Å². The Balaban J connectivity index is 3.34. The molecule has 0 fully saturated rings. The Bertz CT molecular complexity index is 224. The normalized spacial score (nSPS) is 12.1. The highest BCUT2D eigenvalue weighted by molar-refractivity contribution is 5.66. The van der Waals surface area contributed by atoms with E-state index in [9.17, 15) is 4.79 Å². The molecule has 0 aromatic carbocycles. The molecule has 0 heterocycles. The molecule has 0 bridgehead atoms. The summed E-state index contributed by atoms with van der Waals surface area (Å²) >= 11 is 0. The van der Waals surface area contributed by atoms with Crippen LogP contribution in [0.15, 0.2) is 36.5 Å². The van der Waals surface area contributed by atoms with Gasteiger partial charge in [-0.05, 0) is 26.2 Å². The van der Waals surface area contributed by atoms with E-state index in [1.54, 1.807) is 0 Å². The summed E-state index contributed by atoms with van der Waals surface area (Å²) in [6.07, 6.45) is 14.9. The van der Waals surface area contributed by atoms with Crippen LogP contribution in [0.4, 0.5) is 0 Å². The minimum absolute atomic E-state index is 0.221. The van der Waals surface area contributed by atoms with Crippen LogP contribution in [0.5, 0.6) is 0 Å². The van der Waals surface area contributed by atoms with Gasteiger partial charge in [0.1, 0.15) is 0 Å². The molecule has 0 spiro atoms. The minimum Gasteiger partial charge on any atom is -0.481 e. The van der Waals surface area contributed by atoms with Gasteiger partial charge in [-0.1, -0.05) is 36.5 Å². The Labute approximate surface area is 85.6 Å². The first-order valence-corrected chi connectivity index (χ1v) is 4.90. The number of hydrogen-bond donors (Lipinski definition) is 1. The lowest BCUT2D eigenvalue weighted by Gasteiger charge is -1.86. The molecule has 0 aromatic rings. The third-order valence-electron chi connectivity index (χ3n) is 1.64. The maximum atomic E-state index is 10.2. The fourth-order valence-electron chi connectivity index (χ4n) is 0.907. The van der Waals surface area contributed by atoms with Crippen LogP contribution in [0.25, 0.3) is 0 Å². The summed E-state index contributed by atoms with van der Waals surface area (Å²) in [6, 6.07) is 0. The number of carboxylic acid groups (broad SMARTS) is 1. The molecule has 0 aromatic heterocycles. The molecule has 0 radical (unpaired) electrons. The van der Waals surface area contributed by atoms with E-state index in [1.165, 1.54) is 0 Å². The number of carboxylic acids is 1. The lowest BCUT2D eigenvalue weighted by molar-refractivity contribution is -0.136. The van der Waals surface area contributed by atoms with Crippen molar-refractivity contribution in [1.29, 1.82) is 0 Å². The summed E-state index contributed by atoms with van der Waals surface area (Å²) in [7, 11) is 0. The molecule has 2 nitrogen and oxygen atoms in total. The monoisotopic (exact) mass is 194 g/mol. The number of carbonyl (C=O) groups is 1. The van der Waals surface area contributed by atoms with Crippen molar-refractivity contribution in [3.05, 3.63) is 36.5 Å². The molecule has 78 valence electrons. The van der Waals surface area contributed by atoms with Gasteiger partial charge in [0.05, 0.1) is 0 Å². The summed E-state index contributed by atoms with van der Waals surface area (Å²) in [5.41, 5.74) is 0. The van der Waals surface area contributed by atoms with Crippen LogP contribution in [0, 0.1) is 0 Å². The molecule has 0 amide bonds. The number of rotatable bonds is 7. The van der Waals surface area contributed by atoms with Gasteiger partial charge in [0, 0.05) is 6.42 Å². The van der Waals surface area contributed by atoms with Gasteiger partial charge in [-0.2, -0.15) is 0 Å². The third-order valence-corrected chi connectivity index (χ3v) is 1.64. The van der Waals surface area contributed by atoms with Crippen LogP contribution in [-0.4, -0.2) is 11.1 Å². The first-order chi connectivity index (χ1) is 6.77. The molecule has 0 aliphatic rings. The van der Waals surface area contributed by atoms with E-state index < -0.39 is 5.97 Å². The van der Waals surface area contributed by atoms with Crippen LogP contribution in [0.2, 0.25) is 0 Å². The van der Waals surface area contributed by atoms with Crippen molar-refractivity contribution in [2.45, 2.75) is 32.6 Å². The molecule has 0 saturated carbocycles. The Morgan fingerprint density at radius 1 is 1.07 bits per heavy atom. The van der Waals surface area contributed by atoms with E-state index in [2.05, 4.69) is 18.2 Å². The molecule has 0 aliphatic carbocycles. The SMILES string of the molecule is CC=CCC=CCC=CCCC(=O)O. The van der Waals surface area contributed by atoms with E-state index in [4.69, 9.17) is 5.11 Å². The second kappa shape index (κ2) is 9.78. The van der Waals surface area contributed by atoms with Crippen molar-refractivity contribution in [2.24, 2.45) is 0 Å². The van der Waals surface area contributed by atoms with Gasteiger partial charge in [0.25, 0.3) is 0 Å². The second-order valence-corrected chi connectivity index (χ2v) is 2.92. The van der Waals surface area contributed by atoms with Crippen molar-refractivity contribution in [2.75, 3.05) is 0 Å². The first-order valence-electron chi connectivity index (χ1n) is 4.90. The van der Waals surface area contributed by atoms with E-state index in [-0.39, 0.29) is 6.42 Å². The second-order valence-electron chi connectivity index (χ2n) is 2.92. The smallest absolute Gasteiger partial charge is 0.303 e. The molecular formula is C12H18O2. The predicted octanol–water partition coefficient (Wildman–Crippen LogP) is 3.32. The number of hydrogen-bond acceptors (Lipinski definition) is 1. The first kappa shape index (κ1) is 12.7. The molecule has 0 saturated heterocycles. The fraction of sp³-hybridized carbons (Fsp3) is 0.417. The highest BCUT2D eigenvalue weighted by Gasteiger charge is 1.90. The van der Waals surface area contributed by atoms with Gasteiger partial charge in [-0.15, -0.1) is 0 Å². The average Bonchev–Trinajstić information content (AvgIpc) is 2.15. The van der Waals surface area contributed by atoms with Crippen LogP contribution >= 0.6 is 0 Å². The van der Waals surface area contributed by atoms with Gasteiger partial charge in [-0.3, -0.25) is 4.79 Å². The number of allylic oxidation sites excluding steroid dienone is 6. The zero-order valence-corrected chi connectivity index (χ0v) is 8.65. The Morgan fingerprint density at radius 2 is 1.64 bits per heavy atom. The standard InChI is InChI=1S/C12H18O2/c1-2-3-4-5-6-7-8-9-10-11-12(13)14/h2-3,5-6,8-9H,4,7,10-11H2,1H3,(H,13,14).